The summed E-state index contributed by atoms with van der Waals surface area (Å²) in [4.78, 5) is 12.0. The van der Waals surface area contributed by atoms with E-state index in [2.05, 4.69) is 36.5 Å². The van der Waals surface area contributed by atoms with Gasteiger partial charge in [-0.15, -0.1) is 10.2 Å². The molecule has 1 N–H and O–H groups in total. The molecule has 0 fully saturated rings. The number of aromatic nitrogens is 4. The van der Waals surface area contributed by atoms with Gasteiger partial charge >= 0.3 is 0 Å². The number of benzene rings is 1. The van der Waals surface area contributed by atoms with Crippen LogP contribution in [0.4, 0.5) is 5.69 Å². The van der Waals surface area contributed by atoms with Gasteiger partial charge < -0.3 is 9.73 Å². The number of nitrogens with zero attached hydrogens (tertiary/aromatic N) is 4. The van der Waals surface area contributed by atoms with Gasteiger partial charge in [0, 0.05) is 29.5 Å². The fourth-order valence-corrected chi connectivity index (χ4v) is 2.66. The third-order valence-corrected chi connectivity index (χ3v) is 4.11. The highest BCUT2D eigenvalue weighted by molar-refractivity contribution is 9.10. The van der Waals surface area contributed by atoms with E-state index in [1.807, 2.05) is 48.9 Å². The normalized spacial score (nSPS) is 10.8. The molecule has 0 aliphatic rings. The molecule has 8 heteroatoms. The van der Waals surface area contributed by atoms with Crippen LogP contribution in [0.2, 0.25) is 0 Å². The van der Waals surface area contributed by atoms with E-state index in [-0.39, 0.29) is 12.3 Å². The molecule has 0 aliphatic carbocycles. The molecular weight excluding hydrogens is 386 g/mol. The van der Waals surface area contributed by atoms with E-state index in [0.29, 0.717) is 18.2 Å². The third-order valence-electron chi connectivity index (χ3n) is 3.58. The molecule has 0 unspecified atom stereocenters. The number of carbonyl (C=O) groups excluding carboxylic acids is 1. The van der Waals surface area contributed by atoms with Crippen LogP contribution in [0.3, 0.4) is 0 Å². The summed E-state index contributed by atoms with van der Waals surface area (Å²) in [6, 6.07) is 9.32. The average molecular weight is 404 g/mol. The van der Waals surface area contributed by atoms with Crippen molar-refractivity contribution in [3.8, 4) is 11.6 Å². The zero-order valence-corrected chi connectivity index (χ0v) is 15.6. The second-order valence-electron chi connectivity index (χ2n) is 5.54. The van der Waals surface area contributed by atoms with Crippen molar-refractivity contribution >= 4 is 27.5 Å². The van der Waals surface area contributed by atoms with Gasteiger partial charge in [0.15, 0.2) is 0 Å². The third kappa shape index (κ3) is 4.33. The van der Waals surface area contributed by atoms with Gasteiger partial charge in [-0.25, -0.2) is 0 Å². The summed E-state index contributed by atoms with van der Waals surface area (Å²) < 4.78 is 8.45. The number of aryl methyl sites for hydroxylation is 3. The lowest BCUT2D eigenvalue weighted by molar-refractivity contribution is -0.116. The van der Waals surface area contributed by atoms with E-state index in [4.69, 9.17) is 4.42 Å². The van der Waals surface area contributed by atoms with Gasteiger partial charge in [-0.1, -0.05) is 15.9 Å². The lowest BCUT2D eigenvalue weighted by Crippen LogP contribution is -2.12. The molecule has 2 heterocycles. The number of carbonyl (C=O) groups is 1. The lowest BCUT2D eigenvalue weighted by atomic mass is 10.2. The quantitative estimate of drug-likeness (QED) is 0.679. The van der Waals surface area contributed by atoms with E-state index in [1.54, 1.807) is 0 Å². The molecule has 0 atom stereocenters. The number of nitrogens with one attached hydrogen (secondary N) is 1. The Morgan fingerprint density at radius 2 is 2.04 bits per heavy atom. The largest absolute Gasteiger partial charge is 0.419 e. The van der Waals surface area contributed by atoms with Gasteiger partial charge in [-0.3, -0.25) is 9.48 Å². The number of amides is 1. The number of anilines is 1. The maximum Gasteiger partial charge on any atom is 0.265 e. The van der Waals surface area contributed by atoms with Crippen LogP contribution in [0.15, 0.2) is 39.2 Å². The molecule has 1 aromatic carbocycles. The molecule has 130 valence electrons. The van der Waals surface area contributed by atoms with Crippen LogP contribution < -0.4 is 5.32 Å². The Kier molecular flexibility index (Phi) is 5.28. The predicted molar refractivity (Wildman–Crippen MR) is 97.0 cm³/mol. The summed E-state index contributed by atoms with van der Waals surface area (Å²) in [7, 11) is 0. The Bertz CT molecular complexity index is 870. The summed E-state index contributed by atoms with van der Waals surface area (Å²) in [5.74, 6) is 0.754. The van der Waals surface area contributed by atoms with E-state index >= 15 is 0 Å². The molecule has 0 saturated heterocycles. The summed E-state index contributed by atoms with van der Waals surface area (Å²) in [5, 5.41) is 15.3. The fourth-order valence-electron chi connectivity index (χ4n) is 2.39. The fraction of sp³-hybridized carbons (Fsp3) is 0.294. The number of hydrogen-bond donors (Lipinski definition) is 1. The highest BCUT2D eigenvalue weighted by Crippen LogP contribution is 2.20. The molecule has 3 aromatic rings. The van der Waals surface area contributed by atoms with Crippen LogP contribution in [0.1, 0.15) is 24.9 Å². The van der Waals surface area contributed by atoms with Crippen molar-refractivity contribution in [3.05, 3.63) is 46.4 Å². The molecule has 0 spiro atoms. The van der Waals surface area contributed by atoms with Crippen molar-refractivity contribution in [1.29, 1.82) is 0 Å². The minimum atomic E-state index is -0.100. The van der Waals surface area contributed by atoms with Gasteiger partial charge in [0.2, 0.25) is 11.8 Å². The van der Waals surface area contributed by atoms with Gasteiger partial charge in [-0.2, -0.15) is 5.10 Å². The molecule has 1 amide bonds. The van der Waals surface area contributed by atoms with Crippen LogP contribution in [0, 0.1) is 6.92 Å². The smallest absolute Gasteiger partial charge is 0.265 e. The zero-order chi connectivity index (χ0) is 17.8. The first-order chi connectivity index (χ1) is 12.0. The van der Waals surface area contributed by atoms with Crippen LogP contribution in [0.5, 0.6) is 0 Å². The Morgan fingerprint density at radius 3 is 2.76 bits per heavy atom. The molecule has 7 nitrogen and oxygen atoms in total. The number of halogens is 1. The van der Waals surface area contributed by atoms with E-state index in [9.17, 15) is 4.79 Å². The van der Waals surface area contributed by atoms with Gasteiger partial charge in [0.05, 0.1) is 5.69 Å². The van der Waals surface area contributed by atoms with Crippen LogP contribution in [0.25, 0.3) is 11.6 Å². The van der Waals surface area contributed by atoms with E-state index in [0.717, 1.165) is 28.1 Å². The SMILES string of the molecule is CCn1nc(C)cc1-c1nnc(CCC(=O)Nc2ccc(Br)cc2)o1. The summed E-state index contributed by atoms with van der Waals surface area (Å²) in [6.07, 6.45) is 0.651. The molecule has 3 rings (SSSR count). The van der Waals surface area contributed by atoms with E-state index < -0.39 is 0 Å². The highest BCUT2D eigenvalue weighted by Gasteiger charge is 2.15. The number of hydrogen-bond acceptors (Lipinski definition) is 5. The van der Waals surface area contributed by atoms with Crippen LogP contribution in [-0.4, -0.2) is 25.9 Å². The highest BCUT2D eigenvalue weighted by atomic mass is 79.9. The standard InChI is InChI=1S/C17H18BrN5O2/c1-3-23-14(10-11(2)22-23)17-21-20-16(25-17)9-8-15(24)19-13-6-4-12(18)5-7-13/h4-7,10H,3,8-9H2,1-2H3,(H,19,24). The average Bonchev–Trinajstić information content (AvgIpc) is 3.21. The maximum atomic E-state index is 12.0. The Morgan fingerprint density at radius 1 is 1.28 bits per heavy atom. The molecular formula is C17H18BrN5O2. The Balaban J connectivity index is 1.59. The van der Waals surface area contributed by atoms with Crippen molar-refractivity contribution in [2.24, 2.45) is 0 Å². The van der Waals surface area contributed by atoms with Crippen molar-refractivity contribution < 1.29 is 9.21 Å². The van der Waals surface area contributed by atoms with Crippen molar-refractivity contribution in [2.45, 2.75) is 33.2 Å². The first-order valence-electron chi connectivity index (χ1n) is 7.97. The minimum Gasteiger partial charge on any atom is -0.419 e. The van der Waals surface area contributed by atoms with Crippen molar-refractivity contribution in [3.63, 3.8) is 0 Å². The van der Waals surface area contributed by atoms with E-state index in [1.165, 1.54) is 0 Å². The Labute approximate surface area is 153 Å². The summed E-state index contributed by atoms with van der Waals surface area (Å²) >= 11 is 3.36. The monoisotopic (exact) mass is 403 g/mol. The maximum absolute atomic E-state index is 12.0. The lowest BCUT2D eigenvalue weighted by Gasteiger charge is -2.04. The molecule has 0 aliphatic heterocycles. The number of rotatable bonds is 6. The van der Waals surface area contributed by atoms with Crippen molar-refractivity contribution in [2.75, 3.05) is 5.32 Å². The molecule has 0 radical (unpaired) electrons. The summed E-state index contributed by atoms with van der Waals surface area (Å²) in [5.41, 5.74) is 2.44. The van der Waals surface area contributed by atoms with Gasteiger partial charge in [0.25, 0.3) is 5.89 Å². The summed E-state index contributed by atoms with van der Waals surface area (Å²) in [6.45, 7) is 4.63. The molecule has 0 bridgehead atoms. The van der Waals surface area contributed by atoms with Crippen LogP contribution in [-0.2, 0) is 17.8 Å². The van der Waals surface area contributed by atoms with Crippen molar-refractivity contribution in [1.82, 2.24) is 20.0 Å². The first-order valence-corrected chi connectivity index (χ1v) is 8.77. The second-order valence-corrected chi connectivity index (χ2v) is 6.46. The Hall–Kier alpha value is -2.48. The molecule has 0 saturated carbocycles. The van der Waals surface area contributed by atoms with Gasteiger partial charge in [-0.05, 0) is 44.2 Å². The predicted octanol–water partition coefficient (Wildman–Crippen LogP) is 3.60. The molecule has 25 heavy (non-hydrogen) atoms. The van der Waals surface area contributed by atoms with Gasteiger partial charge in [0.1, 0.15) is 5.69 Å². The minimum absolute atomic E-state index is 0.100. The van der Waals surface area contributed by atoms with Crippen LogP contribution >= 0.6 is 15.9 Å². The molecule has 2 aromatic heterocycles. The first kappa shape index (κ1) is 17.3. The topological polar surface area (TPSA) is 85.8 Å². The second kappa shape index (κ2) is 7.60. The zero-order valence-electron chi connectivity index (χ0n) is 14.0.